The lowest BCUT2D eigenvalue weighted by Crippen LogP contribution is -2.19. The number of hydrogen-bond donors (Lipinski definition) is 0. The molecule has 2 aliphatic rings. The summed E-state index contributed by atoms with van der Waals surface area (Å²) in [5.41, 5.74) is 0. The third-order valence-corrected chi connectivity index (χ3v) is 5.41. The maximum Gasteiger partial charge on any atom is 0.0145 e. The van der Waals surface area contributed by atoms with Gasteiger partial charge in [0.05, 0.1) is 0 Å². The summed E-state index contributed by atoms with van der Waals surface area (Å²) in [5.74, 6) is 4.23. The number of rotatable bonds is 4. The van der Waals surface area contributed by atoms with Gasteiger partial charge in [0.25, 0.3) is 0 Å². The molecule has 2 fully saturated rings. The Bertz CT molecular complexity index is 188. The van der Waals surface area contributed by atoms with Crippen LogP contribution in [-0.4, -0.2) is 4.83 Å². The van der Waals surface area contributed by atoms with Crippen molar-refractivity contribution in [3.63, 3.8) is 0 Å². The molecule has 0 aromatic heterocycles. The van der Waals surface area contributed by atoms with E-state index in [-0.39, 0.29) is 0 Å². The van der Waals surface area contributed by atoms with Gasteiger partial charge in [-0.25, -0.2) is 0 Å². The molecule has 0 heterocycles. The molecule has 0 aliphatic heterocycles. The average Bonchev–Trinajstić information content (AvgIpc) is 2.74. The van der Waals surface area contributed by atoms with E-state index in [0.717, 1.165) is 23.7 Å². The fourth-order valence-corrected chi connectivity index (χ4v) is 4.32. The Balaban J connectivity index is 1.85. The highest BCUT2D eigenvalue weighted by Crippen LogP contribution is 2.51. The lowest BCUT2D eigenvalue weighted by atomic mass is 9.81. The molecule has 2 saturated carbocycles. The van der Waals surface area contributed by atoms with E-state index in [0.29, 0.717) is 4.83 Å². The summed E-state index contributed by atoms with van der Waals surface area (Å²) in [5, 5.41) is 0. The van der Waals surface area contributed by atoms with Gasteiger partial charge in [-0.05, 0) is 49.4 Å². The fourth-order valence-electron chi connectivity index (χ4n) is 3.73. The maximum atomic E-state index is 3.76. The normalized spacial score (nSPS) is 40.1. The van der Waals surface area contributed by atoms with Crippen LogP contribution in [0.25, 0.3) is 0 Å². The van der Waals surface area contributed by atoms with Gasteiger partial charge in [-0.2, -0.15) is 0 Å². The first-order chi connectivity index (χ1) is 6.70. The van der Waals surface area contributed by atoms with Gasteiger partial charge in [0.1, 0.15) is 0 Å². The summed E-state index contributed by atoms with van der Waals surface area (Å²) >= 11 is 3.76. The largest absolute Gasteiger partial charge is 0.0891 e. The lowest BCUT2D eigenvalue weighted by molar-refractivity contribution is 0.263. The lowest BCUT2D eigenvalue weighted by Gasteiger charge is -2.27. The van der Waals surface area contributed by atoms with E-state index in [1.165, 1.54) is 12.8 Å². The average molecular weight is 259 g/mol. The van der Waals surface area contributed by atoms with Gasteiger partial charge < -0.3 is 0 Å². The maximum absolute atomic E-state index is 3.76. The van der Waals surface area contributed by atoms with Gasteiger partial charge in [-0.3, -0.25) is 0 Å². The number of halogens is 1. The summed E-state index contributed by atoms with van der Waals surface area (Å²) in [4.78, 5) is 0.714. The third-order valence-electron chi connectivity index (χ3n) is 4.66. The van der Waals surface area contributed by atoms with Crippen molar-refractivity contribution in [2.24, 2.45) is 23.7 Å². The molecule has 0 amide bonds. The quantitative estimate of drug-likeness (QED) is 0.646. The molecule has 0 saturated heterocycles. The fraction of sp³-hybridized carbons (Fsp3) is 1.00. The first-order valence-corrected chi connectivity index (χ1v) is 7.26. The molecule has 2 rings (SSSR count). The topological polar surface area (TPSA) is 0 Å². The standard InChI is InChI=1S/C13H23Br/c1-3-11(9(2)14)8-13-7-10-4-5-12(13)6-10/h9-13H,3-8H2,1-2H3. The molecule has 1 heteroatoms. The van der Waals surface area contributed by atoms with E-state index in [9.17, 15) is 0 Å². The van der Waals surface area contributed by atoms with E-state index in [4.69, 9.17) is 0 Å². The molecule has 2 aliphatic carbocycles. The van der Waals surface area contributed by atoms with Crippen LogP contribution < -0.4 is 0 Å². The summed E-state index contributed by atoms with van der Waals surface area (Å²) < 4.78 is 0. The number of fused-ring (bicyclic) bond motifs is 2. The van der Waals surface area contributed by atoms with Gasteiger partial charge in [-0.15, -0.1) is 0 Å². The molecule has 0 spiro atoms. The predicted molar refractivity (Wildman–Crippen MR) is 65.7 cm³/mol. The highest BCUT2D eigenvalue weighted by Gasteiger charge is 2.40. The van der Waals surface area contributed by atoms with E-state index in [1.54, 1.807) is 25.7 Å². The van der Waals surface area contributed by atoms with Gasteiger partial charge in [-0.1, -0.05) is 42.6 Å². The summed E-state index contributed by atoms with van der Waals surface area (Å²) in [7, 11) is 0. The zero-order valence-electron chi connectivity index (χ0n) is 9.51. The van der Waals surface area contributed by atoms with Crippen LogP contribution in [-0.2, 0) is 0 Å². The van der Waals surface area contributed by atoms with Crippen molar-refractivity contribution in [1.82, 2.24) is 0 Å². The van der Waals surface area contributed by atoms with Crippen molar-refractivity contribution in [2.45, 2.75) is 57.2 Å². The smallest absolute Gasteiger partial charge is 0.0145 e. The Hall–Kier alpha value is 0.480. The minimum atomic E-state index is 0.714. The molecule has 5 unspecified atom stereocenters. The zero-order valence-corrected chi connectivity index (χ0v) is 11.1. The third kappa shape index (κ3) is 2.18. The Morgan fingerprint density at radius 2 is 2.07 bits per heavy atom. The Labute approximate surface area is 97.0 Å². The molecule has 0 aromatic rings. The van der Waals surface area contributed by atoms with Crippen molar-refractivity contribution in [2.75, 3.05) is 0 Å². The molecular weight excluding hydrogens is 236 g/mol. The van der Waals surface area contributed by atoms with Crippen molar-refractivity contribution >= 4 is 15.9 Å². The Morgan fingerprint density at radius 3 is 2.50 bits per heavy atom. The second kappa shape index (κ2) is 4.55. The minimum Gasteiger partial charge on any atom is -0.0891 e. The molecule has 5 atom stereocenters. The van der Waals surface area contributed by atoms with E-state index in [2.05, 4.69) is 29.8 Å². The Morgan fingerprint density at radius 1 is 1.29 bits per heavy atom. The van der Waals surface area contributed by atoms with E-state index < -0.39 is 0 Å². The van der Waals surface area contributed by atoms with Gasteiger partial charge in [0.15, 0.2) is 0 Å². The SMILES string of the molecule is CCC(CC1CC2CCC1C2)C(C)Br. The molecule has 82 valence electrons. The highest BCUT2D eigenvalue weighted by molar-refractivity contribution is 9.09. The van der Waals surface area contributed by atoms with Gasteiger partial charge in [0.2, 0.25) is 0 Å². The van der Waals surface area contributed by atoms with Crippen LogP contribution in [0.1, 0.15) is 52.4 Å². The highest BCUT2D eigenvalue weighted by atomic mass is 79.9. The summed E-state index contributed by atoms with van der Waals surface area (Å²) in [6, 6.07) is 0. The molecule has 14 heavy (non-hydrogen) atoms. The van der Waals surface area contributed by atoms with E-state index in [1.807, 2.05) is 0 Å². The molecular formula is C13H23Br. The van der Waals surface area contributed by atoms with Crippen LogP contribution in [0.4, 0.5) is 0 Å². The zero-order chi connectivity index (χ0) is 10.1. The predicted octanol–water partition coefficient (Wildman–Crippen LogP) is 4.62. The minimum absolute atomic E-state index is 0.714. The number of hydrogen-bond acceptors (Lipinski definition) is 0. The van der Waals surface area contributed by atoms with Crippen LogP contribution in [0.3, 0.4) is 0 Å². The van der Waals surface area contributed by atoms with Crippen molar-refractivity contribution in [3.05, 3.63) is 0 Å². The monoisotopic (exact) mass is 258 g/mol. The summed E-state index contributed by atoms with van der Waals surface area (Å²) in [6.45, 7) is 4.66. The second-order valence-electron chi connectivity index (χ2n) is 5.52. The van der Waals surface area contributed by atoms with Crippen molar-refractivity contribution in [3.8, 4) is 0 Å². The first-order valence-electron chi connectivity index (χ1n) is 6.34. The van der Waals surface area contributed by atoms with Gasteiger partial charge >= 0.3 is 0 Å². The molecule has 0 radical (unpaired) electrons. The molecule has 0 aromatic carbocycles. The van der Waals surface area contributed by atoms with Crippen LogP contribution in [0.15, 0.2) is 0 Å². The first kappa shape index (κ1) is 11.0. The Kier molecular flexibility index (Phi) is 3.57. The van der Waals surface area contributed by atoms with Crippen molar-refractivity contribution < 1.29 is 0 Å². The molecule has 2 bridgehead atoms. The number of alkyl halides is 1. The van der Waals surface area contributed by atoms with Crippen LogP contribution >= 0.6 is 15.9 Å². The molecule has 0 N–H and O–H groups in total. The van der Waals surface area contributed by atoms with Crippen LogP contribution in [0.2, 0.25) is 0 Å². The second-order valence-corrected chi connectivity index (χ2v) is 6.96. The van der Waals surface area contributed by atoms with Crippen LogP contribution in [0.5, 0.6) is 0 Å². The summed E-state index contributed by atoms with van der Waals surface area (Å²) in [6.07, 6.45) is 9.05. The molecule has 0 nitrogen and oxygen atoms in total. The van der Waals surface area contributed by atoms with Crippen LogP contribution in [0, 0.1) is 23.7 Å². The van der Waals surface area contributed by atoms with Crippen molar-refractivity contribution in [1.29, 1.82) is 0 Å². The van der Waals surface area contributed by atoms with Gasteiger partial charge in [0, 0.05) is 4.83 Å². The van der Waals surface area contributed by atoms with E-state index >= 15 is 0 Å².